The average Bonchev–Trinajstić information content (AvgIpc) is 2.60. The molecular weight excluding hydrogens is 326 g/mol. The van der Waals surface area contributed by atoms with Gasteiger partial charge in [0.1, 0.15) is 17.4 Å². The number of benzene rings is 2. The quantitative estimate of drug-likeness (QED) is 0.926. The average molecular weight is 346 g/mol. The molecule has 0 unspecified atom stereocenters. The van der Waals surface area contributed by atoms with Crippen molar-refractivity contribution in [2.45, 2.75) is 12.8 Å². The molecule has 1 amide bonds. The Labute approximate surface area is 145 Å². The smallest absolute Gasteiger partial charge is 0.223 e. The van der Waals surface area contributed by atoms with Crippen LogP contribution in [0.15, 0.2) is 42.5 Å². The van der Waals surface area contributed by atoms with Crippen molar-refractivity contribution in [1.29, 1.82) is 0 Å². The third-order valence-electron chi connectivity index (χ3n) is 4.42. The van der Waals surface area contributed by atoms with E-state index in [1.54, 1.807) is 23.1 Å². The van der Waals surface area contributed by atoms with E-state index in [4.69, 9.17) is 0 Å². The Kier molecular flexibility index (Phi) is 5.16. The van der Waals surface area contributed by atoms with Crippen LogP contribution < -0.4 is 4.90 Å². The van der Waals surface area contributed by atoms with E-state index in [1.807, 2.05) is 11.0 Å². The molecule has 4 nitrogen and oxygen atoms in total. The summed E-state index contributed by atoms with van der Waals surface area (Å²) in [5.74, 6) is -0.937. The Hall–Kier alpha value is -2.63. The van der Waals surface area contributed by atoms with Crippen molar-refractivity contribution in [3.63, 3.8) is 0 Å². The first-order valence-corrected chi connectivity index (χ1v) is 8.28. The van der Waals surface area contributed by atoms with Crippen molar-refractivity contribution >= 4 is 11.6 Å². The van der Waals surface area contributed by atoms with Crippen LogP contribution in [0.4, 0.5) is 14.5 Å². The fourth-order valence-corrected chi connectivity index (χ4v) is 3.06. The number of rotatable bonds is 4. The maximum atomic E-state index is 13.8. The summed E-state index contributed by atoms with van der Waals surface area (Å²) in [5, 5.41) is 9.45. The third kappa shape index (κ3) is 4.26. The van der Waals surface area contributed by atoms with Crippen LogP contribution in [0, 0.1) is 11.6 Å². The van der Waals surface area contributed by atoms with Crippen molar-refractivity contribution in [1.82, 2.24) is 4.90 Å². The van der Waals surface area contributed by atoms with E-state index in [0.717, 1.165) is 11.6 Å². The van der Waals surface area contributed by atoms with Gasteiger partial charge in [-0.3, -0.25) is 4.79 Å². The molecule has 0 radical (unpaired) electrons. The molecule has 0 spiro atoms. The van der Waals surface area contributed by atoms with Crippen LogP contribution in [0.2, 0.25) is 0 Å². The van der Waals surface area contributed by atoms with Crippen molar-refractivity contribution in [2.24, 2.45) is 0 Å². The molecule has 1 aliphatic heterocycles. The molecule has 0 atom stereocenters. The van der Waals surface area contributed by atoms with E-state index in [0.29, 0.717) is 44.7 Å². The second-order valence-electron chi connectivity index (χ2n) is 6.13. The highest BCUT2D eigenvalue weighted by Crippen LogP contribution is 2.22. The number of phenols is 1. The van der Waals surface area contributed by atoms with Crippen molar-refractivity contribution in [2.75, 3.05) is 31.1 Å². The summed E-state index contributed by atoms with van der Waals surface area (Å²) in [7, 11) is 0. The highest BCUT2D eigenvalue weighted by Gasteiger charge is 2.22. The predicted octanol–water partition coefficient (Wildman–Crippen LogP) is 2.95. The monoisotopic (exact) mass is 346 g/mol. The van der Waals surface area contributed by atoms with Crippen molar-refractivity contribution in [3.8, 4) is 5.75 Å². The third-order valence-corrected chi connectivity index (χ3v) is 4.42. The fraction of sp³-hybridized carbons (Fsp3) is 0.316. The van der Waals surface area contributed by atoms with Crippen LogP contribution in [0.5, 0.6) is 5.75 Å². The Bertz CT molecular complexity index is 759. The molecule has 132 valence electrons. The number of aryl methyl sites for hydroxylation is 1. The predicted molar refractivity (Wildman–Crippen MR) is 91.6 cm³/mol. The summed E-state index contributed by atoms with van der Waals surface area (Å²) < 4.78 is 26.9. The molecule has 25 heavy (non-hydrogen) atoms. The summed E-state index contributed by atoms with van der Waals surface area (Å²) in [5.41, 5.74) is 1.29. The zero-order valence-corrected chi connectivity index (χ0v) is 13.8. The van der Waals surface area contributed by atoms with E-state index >= 15 is 0 Å². The Morgan fingerprint density at radius 2 is 1.80 bits per heavy atom. The number of hydrogen-bond acceptors (Lipinski definition) is 3. The zero-order valence-electron chi connectivity index (χ0n) is 13.8. The van der Waals surface area contributed by atoms with Gasteiger partial charge in [-0.1, -0.05) is 12.1 Å². The maximum absolute atomic E-state index is 13.8. The molecule has 1 fully saturated rings. The number of anilines is 1. The van der Waals surface area contributed by atoms with Gasteiger partial charge < -0.3 is 14.9 Å². The Morgan fingerprint density at radius 1 is 1.04 bits per heavy atom. The van der Waals surface area contributed by atoms with Crippen LogP contribution in [0.25, 0.3) is 0 Å². The summed E-state index contributed by atoms with van der Waals surface area (Å²) in [6.45, 7) is 2.05. The molecule has 0 bridgehead atoms. The molecule has 3 rings (SSSR count). The van der Waals surface area contributed by atoms with Gasteiger partial charge in [-0.15, -0.1) is 0 Å². The van der Waals surface area contributed by atoms with Crippen LogP contribution in [-0.4, -0.2) is 42.1 Å². The highest BCUT2D eigenvalue weighted by atomic mass is 19.1. The minimum absolute atomic E-state index is 0.0440. The Morgan fingerprint density at radius 3 is 2.48 bits per heavy atom. The van der Waals surface area contributed by atoms with Crippen LogP contribution in [0.1, 0.15) is 12.0 Å². The molecule has 2 aromatic rings. The van der Waals surface area contributed by atoms with Gasteiger partial charge >= 0.3 is 0 Å². The molecule has 0 aromatic heterocycles. The summed E-state index contributed by atoms with van der Waals surface area (Å²) in [4.78, 5) is 15.9. The van der Waals surface area contributed by atoms with Crippen molar-refractivity contribution in [3.05, 3.63) is 59.7 Å². The topological polar surface area (TPSA) is 43.8 Å². The van der Waals surface area contributed by atoms with Gasteiger partial charge in [0.2, 0.25) is 5.91 Å². The maximum Gasteiger partial charge on any atom is 0.223 e. The number of nitrogens with zero attached hydrogens (tertiary/aromatic N) is 2. The van der Waals surface area contributed by atoms with Crippen LogP contribution >= 0.6 is 0 Å². The number of hydrogen-bond donors (Lipinski definition) is 1. The van der Waals surface area contributed by atoms with E-state index in [2.05, 4.69) is 0 Å². The van der Waals surface area contributed by atoms with Crippen molar-refractivity contribution < 1.29 is 18.7 Å². The van der Waals surface area contributed by atoms with E-state index in [9.17, 15) is 18.7 Å². The molecule has 1 saturated heterocycles. The largest absolute Gasteiger partial charge is 0.508 e. The van der Waals surface area contributed by atoms with Gasteiger partial charge in [-0.05, 0) is 36.2 Å². The molecule has 0 aliphatic carbocycles. The lowest BCUT2D eigenvalue weighted by molar-refractivity contribution is -0.131. The SMILES string of the molecule is O=C(CCc1cccc(O)c1)N1CCN(c2ccc(F)cc2F)CC1. The minimum atomic E-state index is -0.595. The van der Waals surface area contributed by atoms with Gasteiger partial charge in [0.05, 0.1) is 5.69 Å². The first-order valence-electron chi connectivity index (χ1n) is 8.28. The number of phenolic OH excluding ortho intramolecular Hbond substituents is 1. The molecular formula is C19H20F2N2O2. The number of amides is 1. The Balaban J connectivity index is 1.52. The number of piperazine rings is 1. The van der Waals surface area contributed by atoms with Gasteiger partial charge in [-0.25, -0.2) is 8.78 Å². The van der Waals surface area contributed by atoms with Gasteiger partial charge in [0.25, 0.3) is 0 Å². The molecule has 1 heterocycles. The van der Waals surface area contributed by atoms with E-state index < -0.39 is 11.6 Å². The molecule has 0 saturated carbocycles. The number of aromatic hydroxyl groups is 1. The van der Waals surface area contributed by atoms with E-state index in [-0.39, 0.29) is 11.7 Å². The molecule has 6 heteroatoms. The second-order valence-corrected chi connectivity index (χ2v) is 6.13. The van der Waals surface area contributed by atoms with Crippen LogP contribution in [-0.2, 0) is 11.2 Å². The summed E-state index contributed by atoms with van der Waals surface area (Å²) in [6.07, 6.45) is 0.939. The fourth-order valence-electron chi connectivity index (χ4n) is 3.06. The van der Waals surface area contributed by atoms with Gasteiger partial charge in [0, 0.05) is 38.7 Å². The van der Waals surface area contributed by atoms with Gasteiger partial charge in [-0.2, -0.15) is 0 Å². The van der Waals surface area contributed by atoms with Gasteiger partial charge in [0.15, 0.2) is 0 Å². The molecule has 2 aromatic carbocycles. The number of halogens is 2. The first kappa shape index (κ1) is 17.2. The molecule has 1 N–H and O–H groups in total. The molecule has 1 aliphatic rings. The first-order chi connectivity index (χ1) is 12.0. The highest BCUT2D eigenvalue weighted by molar-refractivity contribution is 5.76. The normalized spacial score (nSPS) is 14.6. The number of carbonyl (C=O) groups is 1. The lowest BCUT2D eigenvalue weighted by Gasteiger charge is -2.36. The number of carbonyl (C=O) groups excluding carboxylic acids is 1. The van der Waals surface area contributed by atoms with Crippen LogP contribution in [0.3, 0.4) is 0 Å². The summed E-state index contributed by atoms with van der Waals surface area (Å²) in [6, 6.07) is 10.4. The standard InChI is InChI=1S/C19H20F2N2O2/c20-15-5-6-18(17(21)13-15)22-8-10-23(11-9-22)19(25)7-4-14-2-1-3-16(24)12-14/h1-3,5-6,12-13,24H,4,7-11H2. The second kappa shape index (κ2) is 7.51. The minimum Gasteiger partial charge on any atom is -0.508 e. The lowest BCUT2D eigenvalue weighted by Crippen LogP contribution is -2.49. The lowest BCUT2D eigenvalue weighted by atomic mass is 10.1. The summed E-state index contributed by atoms with van der Waals surface area (Å²) >= 11 is 0. The van der Waals surface area contributed by atoms with E-state index in [1.165, 1.54) is 12.1 Å². The zero-order chi connectivity index (χ0) is 17.8.